The van der Waals surface area contributed by atoms with Crippen molar-refractivity contribution in [1.82, 2.24) is 15.1 Å². The second-order valence-corrected chi connectivity index (χ2v) is 8.08. The number of fused-ring (bicyclic) bond motifs is 1. The minimum absolute atomic E-state index is 0.0973. The number of urea groups is 1. The molecule has 4 aromatic rings. The molecular weight excluding hydrogens is 398 g/mol. The Morgan fingerprint density at radius 1 is 1.10 bits per heavy atom. The lowest BCUT2D eigenvalue weighted by molar-refractivity contribution is 0.103. The lowest BCUT2D eigenvalue weighted by atomic mass is 10.2. The summed E-state index contributed by atoms with van der Waals surface area (Å²) >= 11 is 1.42. The minimum atomic E-state index is -0.165. The molecule has 3 heterocycles. The third kappa shape index (κ3) is 3.21. The Balaban J connectivity index is 1.38. The number of amides is 3. The molecule has 7 nitrogen and oxygen atoms in total. The first-order chi connectivity index (χ1) is 14.6. The van der Waals surface area contributed by atoms with Crippen LogP contribution < -0.4 is 15.5 Å². The van der Waals surface area contributed by atoms with E-state index in [4.69, 9.17) is 0 Å². The van der Waals surface area contributed by atoms with Crippen LogP contribution in [0.5, 0.6) is 0 Å². The summed E-state index contributed by atoms with van der Waals surface area (Å²) in [6.07, 6.45) is 0. The molecule has 0 saturated carbocycles. The van der Waals surface area contributed by atoms with Crippen LogP contribution in [0.25, 0.3) is 15.9 Å². The van der Waals surface area contributed by atoms with Crippen molar-refractivity contribution >= 4 is 44.9 Å². The molecule has 0 radical (unpaired) electrons. The van der Waals surface area contributed by atoms with Gasteiger partial charge in [0.25, 0.3) is 5.91 Å². The van der Waals surface area contributed by atoms with Crippen molar-refractivity contribution < 1.29 is 9.59 Å². The molecule has 30 heavy (non-hydrogen) atoms. The zero-order valence-corrected chi connectivity index (χ0v) is 17.1. The third-order valence-corrected chi connectivity index (χ3v) is 6.17. The number of aryl methyl sites for hydroxylation is 1. The largest absolute Gasteiger partial charge is 0.336 e. The van der Waals surface area contributed by atoms with E-state index < -0.39 is 0 Å². The average Bonchev–Trinajstić information content (AvgIpc) is 3.46. The second-order valence-electron chi connectivity index (χ2n) is 7.05. The van der Waals surface area contributed by atoms with Gasteiger partial charge in [0.15, 0.2) is 0 Å². The molecule has 1 fully saturated rings. The molecule has 0 bridgehead atoms. The monoisotopic (exact) mass is 417 g/mol. The fourth-order valence-electron chi connectivity index (χ4n) is 3.54. The third-order valence-electron chi connectivity index (χ3n) is 5.06. The number of carbonyl (C=O) groups is 2. The van der Waals surface area contributed by atoms with Crippen LogP contribution in [-0.2, 0) is 0 Å². The van der Waals surface area contributed by atoms with Gasteiger partial charge in [-0.2, -0.15) is 5.10 Å². The molecule has 2 N–H and O–H groups in total. The number of nitrogens with zero attached hydrogens (tertiary/aromatic N) is 3. The highest BCUT2D eigenvalue weighted by Crippen LogP contribution is 2.31. The van der Waals surface area contributed by atoms with Crippen molar-refractivity contribution in [1.29, 1.82) is 0 Å². The number of hydrogen-bond donors (Lipinski definition) is 2. The molecule has 0 spiro atoms. The molecule has 2 aromatic carbocycles. The van der Waals surface area contributed by atoms with Gasteiger partial charge in [0.05, 0.1) is 16.3 Å². The molecular formula is C22H19N5O2S. The highest BCUT2D eigenvalue weighted by Gasteiger charge is 2.21. The maximum absolute atomic E-state index is 12.8. The van der Waals surface area contributed by atoms with Crippen LogP contribution >= 0.6 is 11.3 Å². The van der Waals surface area contributed by atoms with Gasteiger partial charge in [-0.05, 0) is 49.4 Å². The molecule has 150 valence electrons. The van der Waals surface area contributed by atoms with E-state index in [1.807, 2.05) is 72.3 Å². The molecule has 8 heteroatoms. The second kappa shape index (κ2) is 7.31. The van der Waals surface area contributed by atoms with Crippen molar-refractivity contribution in [2.75, 3.05) is 23.3 Å². The Bertz CT molecular complexity index is 1240. The summed E-state index contributed by atoms with van der Waals surface area (Å²) in [4.78, 5) is 27.9. The maximum Gasteiger partial charge on any atom is 0.321 e. The van der Waals surface area contributed by atoms with E-state index >= 15 is 0 Å². The van der Waals surface area contributed by atoms with Crippen LogP contribution in [0, 0.1) is 6.92 Å². The van der Waals surface area contributed by atoms with Gasteiger partial charge in [0.1, 0.15) is 4.83 Å². The topological polar surface area (TPSA) is 79.3 Å². The molecule has 1 aliphatic rings. The number of benzene rings is 2. The number of thiophene rings is 1. The Morgan fingerprint density at radius 3 is 2.57 bits per heavy atom. The molecule has 0 aliphatic carbocycles. The van der Waals surface area contributed by atoms with Crippen molar-refractivity contribution in [3.8, 4) is 5.69 Å². The van der Waals surface area contributed by atoms with Crippen molar-refractivity contribution in [3.05, 3.63) is 71.2 Å². The van der Waals surface area contributed by atoms with E-state index in [0.717, 1.165) is 27.3 Å². The number of anilines is 2. The van der Waals surface area contributed by atoms with Crippen LogP contribution in [-0.4, -0.2) is 34.8 Å². The molecule has 3 amide bonds. The van der Waals surface area contributed by atoms with Gasteiger partial charge >= 0.3 is 6.03 Å². The fourth-order valence-corrected chi connectivity index (χ4v) is 4.62. The maximum atomic E-state index is 12.8. The number of nitrogens with one attached hydrogen (secondary N) is 2. The first kappa shape index (κ1) is 18.4. The van der Waals surface area contributed by atoms with Crippen molar-refractivity contribution in [3.63, 3.8) is 0 Å². The Kier molecular flexibility index (Phi) is 4.48. The standard InChI is InChI=1S/C22H19N5O2S/c1-14-18-13-19(30-21(18)27(25-14)17-5-3-2-4-6-17)20(28)24-15-7-9-16(10-8-15)26-12-11-23-22(26)29/h2-10,13H,11-12H2,1H3,(H,23,29)(H,24,28). The zero-order valence-electron chi connectivity index (χ0n) is 16.3. The molecule has 1 saturated heterocycles. The van der Waals surface area contributed by atoms with Gasteiger partial charge in [-0.3, -0.25) is 9.69 Å². The highest BCUT2D eigenvalue weighted by molar-refractivity contribution is 7.20. The molecule has 0 unspecified atom stereocenters. The van der Waals surface area contributed by atoms with Gasteiger partial charge < -0.3 is 10.6 Å². The van der Waals surface area contributed by atoms with Crippen molar-refractivity contribution in [2.24, 2.45) is 0 Å². The quantitative estimate of drug-likeness (QED) is 0.523. The Morgan fingerprint density at radius 2 is 1.87 bits per heavy atom. The van der Waals surface area contributed by atoms with E-state index in [9.17, 15) is 9.59 Å². The van der Waals surface area contributed by atoms with Gasteiger partial charge in [-0.1, -0.05) is 18.2 Å². The summed E-state index contributed by atoms with van der Waals surface area (Å²) in [5.74, 6) is -0.165. The number of rotatable bonds is 4. The fraction of sp³-hybridized carbons (Fsp3) is 0.136. The Labute approximate surface area is 176 Å². The molecule has 2 aromatic heterocycles. The molecule has 5 rings (SSSR count). The van der Waals surface area contributed by atoms with E-state index in [1.54, 1.807) is 4.90 Å². The van der Waals surface area contributed by atoms with Crippen LogP contribution in [0.2, 0.25) is 0 Å². The summed E-state index contributed by atoms with van der Waals surface area (Å²) < 4.78 is 1.88. The lowest BCUT2D eigenvalue weighted by Crippen LogP contribution is -2.27. The number of carbonyl (C=O) groups excluding carboxylic acids is 2. The van der Waals surface area contributed by atoms with Gasteiger partial charge in [0.2, 0.25) is 0 Å². The van der Waals surface area contributed by atoms with Crippen LogP contribution in [0.1, 0.15) is 15.4 Å². The summed E-state index contributed by atoms with van der Waals surface area (Å²) in [5.41, 5.74) is 3.34. The molecule has 1 aliphatic heterocycles. The smallest absolute Gasteiger partial charge is 0.321 e. The van der Waals surface area contributed by atoms with Crippen LogP contribution in [0.15, 0.2) is 60.7 Å². The van der Waals surface area contributed by atoms with Gasteiger partial charge in [-0.15, -0.1) is 11.3 Å². The van der Waals surface area contributed by atoms with Gasteiger partial charge in [0, 0.05) is 29.9 Å². The average molecular weight is 417 g/mol. The number of para-hydroxylation sites is 1. The predicted molar refractivity (Wildman–Crippen MR) is 119 cm³/mol. The van der Waals surface area contributed by atoms with E-state index in [2.05, 4.69) is 15.7 Å². The SMILES string of the molecule is Cc1nn(-c2ccccc2)c2sc(C(=O)Nc3ccc(N4CCNC4=O)cc3)cc12. The number of hydrogen-bond acceptors (Lipinski definition) is 4. The van der Waals surface area contributed by atoms with E-state index in [-0.39, 0.29) is 11.9 Å². The summed E-state index contributed by atoms with van der Waals surface area (Å²) in [6.45, 7) is 3.23. The molecule has 0 atom stereocenters. The first-order valence-electron chi connectivity index (χ1n) is 9.61. The number of aromatic nitrogens is 2. The first-order valence-corrected chi connectivity index (χ1v) is 10.4. The highest BCUT2D eigenvalue weighted by atomic mass is 32.1. The zero-order chi connectivity index (χ0) is 20.7. The van der Waals surface area contributed by atoms with Gasteiger partial charge in [-0.25, -0.2) is 9.48 Å². The lowest BCUT2D eigenvalue weighted by Gasteiger charge is -2.14. The minimum Gasteiger partial charge on any atom is -0.336 e. The van der Waals surface area contributed by atoms with Crippen LogP contribution in [0.4, 0.5) is 16.2 Å². The normalized spacial score (nSPS) is 13.6. The van der Waals surface area contributed by atoms with Crippen LogP contribution in [0.3, 0.4) is 0 Å². The summed E-state index contributed by atoms with van der Waals surface area (Å²) in [5, 5.41) is 11.3. The van der Waals surface area contributed by atoms with E-state index in [1.165, 1.54) is 11.3 Å². The summed E-state index contributed by atoms with van der Waals surface area (Å²) in [7, 11) is 0. The predicted octanol–water partition coefficient (Wildman–Crippen LogP) is 4.18. The van der Waals surface area contributed by atoms with E-state index in [0.29, 0.717) is 23.7 Å². The Hall–Kier alpha value is -3.65. The summed E-state index contributed by atoms with van der Waals surface area (Å²) in [6, 6.07) is 19.0. The van der Waals surface area contributed by atoms with Crippen molar-refractivity contribution in [2.45, 2.75) is 6.92 Å².